The lowest BCUT2D eigenvalue weighted by Crippen LogP contribution is -2.22. The average molecular weight is 293 g/mol. The number of rotatable bonds is 7. The number of benzene rings is 1. The molecule has 1 aromatic rings. The minimum Gasteiger partial charge on any atom is -0.494 e. The lowest BCUT2D eigenvalue weighted by atomic mass is 9.82. The van der Waals surface area contributed by atoms with E-state index in [4.69, 9.17) is 10.5 Å². The standard InChI is InChI=1S/C18H31NO2/c1-6-13(10-15(20)12-19)14-8-9-17(21-7-2)16(11-14)18(3,4)5/h8-9,11,13,15,20H,6-7,10,12,19H2,1-5H3. The number of aliphatic hydroxyl groups is 1. The Kier molecular flexibility index (Phi) is 6.69. The molecule has 0 saturated heterocycles. The Hall–Kier alpha value is -1.06. The lowest BCUT2D eigenvalue weighted by molar-refractivity contribution is 0.162. The van der Waals surface area contributed by atoms with Gasteiger partial charge in [-0.1, -0.05) is 39.8 Å². The molecule has 0 fully saturated rings. The van der Waals surface area contributed by atoms with E-state index in [1.165, 1.54) is 11.1 Å². The fourth-order valence-corrected chi connectivity index (χ4v) is 2.63. The maximum Gasteiger partial charge on any atom is 0.123 e. The second-order valence-electron chi connectivity index (χ2n) is 6.67. The number of aliphatic hydroxyl groups excluding tert-OH is 1. The Morgan fingerprint density at radius 1 is 1.24 bits per heavy atom. The summed E-state index contributed by atoms with van der Waals surface area (Å²) in [5.74, 6) is 1.29. The van der Waals surface area contributed by atoms with Gasteiger partial charge in [-0.3, -0.25) is 0 Å². The molecule has 0 radical (unpaired) electrons. The molecule has 0 bridgehead atoms. The zero-order valence-electron chi connectivity index (χ0n) is 14.1. The molecule has 21 heavy (non-hydrogen) atoms. The first-order valence-corrected chi connectivity index (χ1v) is 7.98. The maximum absolute atomic E-state index is 9.84. The van der Waals surface area contributed by atoms with Crippen LogP contribution in [0.3, 0.4) is 0 Å². The van der Waals surface area contributed by atoms with Crippen LogP contribution in [0.1, 0.15) is 64.5 Å². The van der Waals surface area contributed by atoms with E-state index in [9.17, 15) is 5.11 Å². The van der Waals surface area contributed by atoms with Crippen LogP contribution in [0.15, 0.2) is 18.2 Å². The van der Waals surface area contributed by atoms with Crippen LogP contribution < -0.4 is 10.5 Å². The Morgan fingerprint density at radius 3 is 2.38 bits per heavy atom. The molecule has 0 aromatic heterocycles. The summed E-state index contributed by atoms with van der Waals surface area (Å²) in [5, 5.41) is 9.84. The molecule has 0 saturated carbocycles. The van der Waals surface area contributed by atoms with Crippen molar-refractivity contribution in [3.63, 3.8) is 0 Å². The van der Waals surface area contributed by atoms with Crippen molar-refractivity contribution < 1.29 is 9.84 Å². The van der Waals surface area contributed by atoms with Gasteiger partial charge in [-0.15, -0.1) is 0 Å². The summed E-state index contributed by atoms with van der Waals surface area (Å²) in [7, 11) is 0. The molecule has 1 rings (SSSR count). The van der Waals surface area contributed by atoms with Crippen molar-refractivity contribution in [3.8, 4) is 5.75 Å². The molecule has 0 spiro atoms. The molecule has 0 aliphatic heterocycles. The van der Waals surface area contributed by atoms with Gasteiger partial charge in [0.15, 0.2) is 0 Å². The number of nitrogens with two attached hydrogens (primary N) is 1. The first-order chi connectivity index (χ1) is 9.83. The quantitative estimate of drug-likeness (QED) is 0.808. The van der Waals surface area contributed by atoms with E-state index in [-0.39, 0.29) is 5.41 Å². The third-order valence-corrected chi connectivity index (χ3v) is 3.90. The van der Waals surface area contributed by atoms with Crippen molar-refractivity contribution in [2.75, 3.05) is 13.2 Å². The SMILES string of the molecule is CCOc1ccc(C(CC)CC(O)CN)cc1C(C)(C)C. The fourth-order valence-electron chi connectivity index (χ4n) is 2.63. The second kappa shape index (κ2) is 7.81. The average Bonchev–Trinajstić information content (AvgIpc) is 2.44. The first kappa shape index (κ1) is 18.0. The van der Waals surface area contributed by atoms with Crippen LogP contribution in [0.5, 0.6) is 5.75 Å². The van der Waals surface area contributed by atoms with E-state index in [1.54, 1.807) is 0 Å². The van der Waals surface area contributed by atoms with Gasteiger partial charge in [0.2, 0.25) is 0 Å². The Bertz CT molecular complexity index is 437. The summed E-state index contributed by atoms with van der Waals surface area (Å²) >= 11 is 0. The van der Waals surface area contributed by atoms with Crippen LogP contribution in [-0.4, -0.2) is 24.4 Å². The van der Waals surface area contributed by atoms with E-state index in [1.807, 2.05) is 6.92 Å². The van der Waals surface area contributed by atoms with Crippen molar-refractivity contribution in [1.29, 1.82) is 0 Å². The molecule has 0 aliphatic carbocycles. The number of hydrogen-bond donors (Lipinski definition) is 2. The molecule has 1 aromatic carbocycles. The molecule has 0 amide bonds. The normalized spacial score (nSPS) is 14.8. The van der Waals surface area contributed by atoms with Gasteiger partial charge in [0.1, 0.15) is 5.75 Å². The zero-order valence-corrected chi connectivity index (χ0v) is 14.1. The number of ether oxygens (including phenoxy) is 1. The van der Waals surface area contributed by atoms with Crippen LogP contribution in [0.2, 0.25) is 0 Å². The van der Waals surface area contributed by atoms with E-state index in [0.29, 0.717) is 25.5 Å². The van der Waals surface area contributed by atoms with Crippen molar-refractivity contribution in [2.24, 2.45) is 5.73 Å². The molecule has 0 heterocycles. The van der Waals surface area contributed by atoms with Crippen molar-refractivity contribution in [3.05, 3.63) is 29.3 Å². The van der Waals surface area contributed by atoms with E-state index in [2.05, 4.69) is 45.9 Å². The highest BCUT2D eigenvalue weighted by molar-refractivity contribution is 5.42. The summed E-state index contributed by atoms with van der Waals surface area (Å²) in [6.45, 7) is 11.7. The van der Waals surface area contributed by atoms with Crippen molar-refractivity contribution in [1.82, 2.24) is 0 Å². The van der Waals surface area contributed by atoms with Gasteiger partial charge in [0.25, 0.3) is 0 Å². The molecule has 0 aliphatic rings. The molecule has 120 valence electrons. The van der Waals surface area contributed by atoms with Gasteiger partial charge in [-0.25, -0.2) is 0 Å². The summed E-state index contributed by atoms with van der Waals surface area (Å²) in [6, 6.07) is 6.43. The largest absolute Gasteiger partial charge is 0.494 e. The minimum atomic E-state index is -0.431. The minimum absolute atomic E-state index is 0.0330. The third-order valence-electron chi connectivity index (χ3n) is 3.90. The monoisotopic (exact) mass is 293 g/mol. The predicted molar refractivity (Wildman–Crippen MR) is 89.0 cm³/mol. The van der Waals surface area contributed by atoms with Gasteiger partial charge < -0.3 is 15.6 Å². The van der Waals surface area contributed by atoms with Gasteiger partial charge in [-0.05, 0) is 48.3 Å². The van der Waals surface area contributed by atoms with Crippen LogP contribution in [0, 0.1) is 0 Å². The van der Waals surface area contributed by atoms with Gasteiger partial charge in [-0.2, -0.15) is 0 Å². The Balaban J connectivity index is 3.13. The molecule has 3 heteroatoms. The Labute approximate surface area is 129 Å². The van der Waals surface area contributed by atoms with E-state index in [0.717, 1.165) is 12.2 Å². The zero-order chi connectivity index (χ0) is 16.0. The third kappa shape index (κ3) is 5.01. The lowest BCUT2D eigenvalue weighted by Gasteiger charge is -2.26. The van der Waals surface area contributed by atoms with Gasteiger partial charge >= 0.3 is 0 Å². The fraction of sp³-hybridized carbons (Fsp3) is 0.667. The highest BCUT2D eigenvalue weighted by Crippen LogP contribution is 2.35. The summed E-state index contributed by atoms with van der Waals surface area (Å²) < 4.78 is 5.76. The summed E-state index contributed by atoms with van der Waals surface area (Å²) in [6.07, 6.45) is 1.28. The highest BCUT2D eigenvalue weighted by Gasteiger charge is 2.22. The van der Waals surface area contributed by atoms with Crippen LogP contribution in [0.25, 0.3) is 0 Å². The summed E-state index contributed by atoms with van der Waals surface area (Å²) in [5.41, 5.74) is 8.07. The predicted octanol–water partition coefficient (Wildman–Crippen LogP) is 3.59. The summed E-state index contributed by atoms with van der Waals surface area (Å²) in [4.78, 5) is 0. The molecule has 2 atom stereocenters. The van der Waals surface area contributed by atoms with Crippen LogP contribution >= 0.6 is 0 Å². The van der Waals surface area contributed by atoms with Crippen molar-refractivity contribution >= 4 is 0 Å². The first-order valence-electron chi connectivity index (χ1n) is 7.98. The highest BCUT2D eigenvalue weighted by atomic mass is 16.5. The topological polar surface area (TPSA) is 55.5 Å². The maximum atomic E-state index is 9.84. The van der Waals surface area contributed by atoms with E-state index < -0.39 is 6.10 Å². The molecule has 3 N–H and O–H groups in total. The van der Waals surface area contributed by atoms with Gasteiger partial charge in [0.05, 0.1) is 12.7 Å². The number of hydrogen-bond acceptors (Lipinski definition) is 3. The molecular formula is C18H31NO2. The van der Waals surface area contributed by atoms with E-state index >= 15 is 0 Å². The molecule has 2 unspecified atom stereocenters. The second-order valence-corrected chi connectivity index (χ2v) is 6.67. The Morgan fingerprint density at radius 2 is 1.90 bits per heavy atom. The van der Waals surface area contributed by atoms with Crippen LogP contribution in [0.4, 0.5) is 0 Å². The van der Waals surface area contributed by atoms with Crippen LogP contribution in [-0.2, 0) is 5.41 Å². The molecular weight excluding hydrogens is 262 g/mol. The van der Waals surface area contributed by atoms with Gasteiger partial charge in [0, 0.05) is 6.54 Å². The van der Waals surface area contributed by atoms with Crippen molar-refractivity contribution in [2.45, 2.75) is 64.9 Å². The molecule has 3 nitrogen and oxygen atoms in total. The smallest absolute Gasteiger partial charge is 0.123 e.